The minimum absolute atomic E-state index is 0.0905. The second-order valence-corrected chi connectivity index (χ2v) is 8.19. The average molecular weight is 537 g/mol. The third-order valence-corrected chi connectivity index (χ3v) is 5.44. The fourth-order valence-electron chi connectivity index (χ4n) is 3.41. The molecule has 0 aliphatic carbocycles. The predicted octanol–water partition coefficient (Wildman–Crippen LogP) is 4.30. The van der Waals surface area contributed by atoms with Gasteiger partial charge in [-0.15, -0.1) is 0 Å². The summed E-state index contributed by atoms with van der Waals surface area (Å²) in [4.78, 5) is 48.7. The average Bonchev–Trinajstić information content (AvgIpc) is 2.96. The van der Waals surface area contributed by atoms with E-state index in [-0.39, 0.29) is 35.7 Å². The van der Waals surface area contributed by atoms with Crippen molar-refractivity contribution in [3.05, 3.63) is 138 Å². The van der Waals surface area contributed by atoms with Gasteiger partial charge in [0.25, 0.3) is 28.9 Å². The van der Waals surface area contributed by atoms with E-state index in [2.05, 4.69) is 15.5 Å². The van der Waals surface area contributed by atoms with Crippen LogP contribution in [0.25, 0.3) is 17.0 Å². The number of benzene rings is 3. The molecule has 0 saturated carbocycles. The van der Waals surface area contributed by atoms with Crippen LogP contribution in [0.3, 0.4) is 0 Å². The second-order valence-electron chi connectivity index (χ2n) is 8.19. The van der Waals surface area contributed by atoms with Crippen molar-refractivity contribution in [3.63, 3.8) is 0 Å². The highest BCUT2D eigenvalue weighted by molar-refractivity contribution is 6.01. The number of nitro benzene ring substituents is 2. The molecule has 0 heterocycles. The summed E-state index contributed by atoms with van der Waals surface area (Å²) in [6, 6.07) is 19.6. The topological polar surface area (TPSA) is 173 Å². The summed E-state index contributed by atoms with van der Waals surface area (Å²) >= 11 is 0. The standard InChI is InChI=1S/C28H20N6O6/c1-30-26(15-20-7-11-25(12-8-20)34(39)40)28(36)32-18-22-4-2-3-21(13-22)17-31-27(35)23(16-29)14-19-5-9-24(10-6-19)33(37)38/h2-15H,17-18H2,(H,31,35)(H,32,36). The van der Waals surface area contributed by atoms with Crippen molar-refractivity contribution in [2.24, 2.45) is 0 Å². The summed E-state index contributed by atoms with van der Waals surface area (Å²) in [7, 11) is 0. The third-order valence-electron chi connectivity index (χ3n) is 5.44. The highest BCUT2D eigenvalue weighted by atomic mass is 16.6. The zero-order valence-electron chi connectivity index (χ0n) is 20.7. The molecule has 0 aliphatic heterocycles. The van der Waals surface area contributed by atoms with Crippen molar-refractivity contribution >= 4 is 35.3 Å². The fourth-order valence-corrected chi connectivity index (χ4v) is 3.41. The number of nitriles is 1. The Morgan fingerprint density at radius 2 is 1.30 bits per heavy atom. The number of hydrogen-bond acceptors (Lipinski definition) is 7. The van der Waals surface area contributed by atoms with Crippen LogP contribution in [-0.4, -0.2) is 21.7 Å². The van der Waals surface area contributed by atoms with E-state index in [1.54, 1.807) is 24.3 Å². The number of nitro groups is 2. The van der Waals surface area contributed by atoms with Gasteiger partial charge in [-0.05, 0) is 58.7 Å². The monoisotopic (exact) mass is 536 g/mol. The van der Waals surface area contributed by atoms with Crippen LogP contribution in [0.5, 0.6) is 0 Å². The molecule has 0 spiro atoms. The van der Waals surface area contributed by atoms with Crippen LogP contribution in [0, 0.1) is 38.1 Å². The zero-order valence-corrected chi connectivity index (χ0v) is 20.7. The predicted molar refractivity (Wildman–Crippen MR) is 144 cm³/mol. The van der Waals surface area contributed by atoms with Gasteiger partial charge in [-0.1, -0.05) is 24.3 Å². The van der Waals surface area contributed by atoms with E-state index >= 15 is 0 Å². The van der Waals surface area contributed by atoms with E-state index in [1.165, 1.54) is 60.7 Å². The van der Waals surface area contributed by atoms with E-state index < -0.39 is 21.7 Å². The summed E-state index contributed by atoms with van der Waals surface area (Å²) in [6.45, 7) is 7.49. The molecule has 0 atom stereocenters. The molecule has 3 aromatic rings. The molecule has 0 fully saturated rings. The molecule has 0 radical (unpaired) electrons. The molecule has 0 bridgehead atoms. The Morgan fingerprint density at radius 1 is 0.825 bits per heavy atom. The van der Waals surface area contributed by atoms with Crippen LogP contribution >= 0.6 is 0 Å². The number of amides is 2. The molecule has 3 rings (SSSR count). The molecule has 198 valence electrons. The van der Waals surface area contributed by atoms with Crippen molar-refractivity contribution in [1.82, 2.24) is 10.6 Å². The van der Waals surface area contributed by atoms with Crippen LogP contribution in [0.1, 0.15) is 22.3 Å². The van der Waals surface area contributed by atoms with Gasteiger partial charge in [-0.25, -0.2) is 4.85 Å². The largest absolute Gasteiger partial charge is 0.357 e. The Kier molecular flexibility index (Phi) is 9.54. The smallest absolute Gasteiger partial charge is 0.269 e. The second kappa shape index (κ2) is 13.4. The number of carbonyl (C=O) groups is 2. The van der Waals surface area contributed by atoms with Crippen molar-refractivity contribution in [1.29, 1.82) is 5.26 Å². The van der Waals surface area contributed by atoms with Gasteiger partial charge >= 0.3 is 0 Å². The van der Waals surface area contributed by atoms with Crippen LogP contribution in [-0.2, 0) is 22.7 Å². The van der Waals surface area contributed by atoms with E-state index in [4.69, 9.17) is 6.57 Å². The maximum atomic E-state index is 12.5. The summed E-state index contributed by atoms with van der Waals surface area (Å²) in [5.41, 5.74) is 1.72. The first-order valence-electron chi connectivity index (χ1n) is 11.5. The Labute approximate surface area is 228 Å². The van der Waals surface area contributed by atoms with Gasteiger partial charge in [0, 0.05) is 37.4 Å². The molecule has 0 aromatic heterocycles. The normalized spacial score (nSPS) is 11.1. The summed E-state index contributed by atoms with van der Waals surface area (Å²) < 4.78 is 0. The van der Waals surface area contributed by atoms with Gasteiger partial charge in [-0.2, -0.15) is 5.26 Å². The van der Waals surface area contributed by atoms with Gasteiger partial charge in [0.1, 0.15) is 11.6 Å². The molecule has 2 amide bonds. The Bertz CT molecular complexity index is 1480. The van der Waals surface area contributed by atoms with E-state index in [0.717, 1.165) is 0 Å². The molecule has 3 aromatic carbocycles. The van der Waals surface area contributed by atoms with E-state index in [0.29, 0.717) is 22.3 Å². The molecule has 0 unspecified atom stereocenters. The first-order chi connectivity index (χ1) is 19.2. The number of hydrogen-bond donors (Lipinski definition) is 2. The molecule has 12 heteroatoms. The number of non-ortho nitro benzene ring substituents is 2. The molecule has 0 aliphatic rings. The molecular weight excluding hydrogens is 516 g/mol. The van der Waals surface area contributed by atoms with E-state index in [1.807, 2.05) is 6.07 Å². The van der Waals surface area contributed by atoms with Gasteiger partial charge in [-0.3, -0.25) is 29.8 Å². The highest BCUT2D eigenvalue weighted by Gasteiger charge is 2.12. The van der Waals surface area contributed by atoms with Crippen molar-refractivity contribution in [2.75, 3.05) is 0 Å². The minimum Gasteiger partial charge on any atom is -0.357 e. The van der Waals surface area contributed by atoms with Gasteiger partial charge in [0.15, 0.2) is 0 Å². The molecule has 12 nitrogen and oxygen atoms in total. The van der Waals surface area contributed by atoms with Crippen LogP contribution in [0.4, 0.5) is 11.4 Å². The lowest BCUT2D eigenvalue weighted by atomic mass is 10.1. The molecule has 40 heavy (non-hydrogen) atoms. The number of rotatable bonds is 10. The highest BCUT2D eigenvalue weighted by Crippen LogP contribution is 2.16. The van der Waals surface area contributed by atoms with Crippen molar-refractivity contribution in [3.8, 4) is 6.07 Å². The zero-order chi connectivity index (χ0) is 29.1. The van der Waals surface area contributed by atoms with Gasteiger partial charge in [0.2, 0.25) is 0 Å². The number of carbonyl (C=O) groups excluding carboxylic acids is 2. The van der Waals surface area contributed by atoms with Crippen molar-refractivity contribution < 1.29 is 19.4 Å². The first-order valence-corrected chi connectivity index (χ1v) is 11.5. The van der Waals surface area contributed by atoms with Crippen LogP contribution in [0.2, 0.25) is 0 Å². The van der Waals surface area contributed by atoms with Crippen molar-refractivity contribution in [2.45, 2.75) is 13.1 Å². The summed E-state index contributed by atoms with van der Waals surface area (Å²) in [5, 5.41) is 36.2. The fraction of sp³-hybridized carbons (Fsp3) is 0.0714. The minimum atomic E-state index is -0.627. The van der Waals surface area contributed by atoms with Crippen LogP contribution < -0.4 is 10.6 Å². The summed E-state index contributed by atoms with van der Waals surface area (Å²) in [6.07, 6.45) is 2.65. The lowest BCUT2D eigenvalue weighted by Crippen LogP contribution is -2.25. The van der Waals surface area contributed by atoms with Gasteiger partial charge < -0.3 is 10.6 Å². The maximum absolute atomic E-state index is 12.5. The quantitative estimate of drug-likeness (QED) is 0.128. The molecule has 0 saturated heterocycles. The first kappa shape index (κ1) is 28.4. The molecule has 2 N–H and O–H groups in total. The van der Waals surface area contributed by atoms with Gasteiger partial charge in [0.05, 0.1) is 16.4 Å². The maximum Gasteiger partial charge on any atom is 0.269 e. The Hall–Kier alpha value is -6.14. The van der Waals surface area contributed by atoms with E-state index in [9.17, 15) is 35.1 Å². The third kappa shape index (κ3) is 7.93. The van der Waals surface area contributed by atoms with Crippen LogP contribution in [0.15, 0.2) is 84.1 Å². The lowest BCUT2D eigenvalue weighted by Gasteiger charge is -2.08. The Morgan fingerprint density at radius 3 is 1.75 bits per heavy atom. The molecular formula is C28H20N6O6. The SMILES string of the molecule is [C-]#[N+]C(=Cc1ccc([N+](=O)[O-])cc1)C(=O)NCc1cccc(CNC(=O)C(C#N)=Cc2ccc([N+](=O)[O-])cc2)c1. The lowest BCUT2D eigenvalue weighted by molar-refractivity contribution is -0.385. The number of nitrogens with zero attached hydrogens (tertiary/aromatic N) is 4. The Balaban J connectivity index is 1.59. The number of nitrogens with one attached hydrogen (secondary N) is 2. The summed E-state index contributed by atoms with van der Waals surface area (Å²) in [5.74, 6) is -1.25.